The van der Waals surface area contributed by atoms with E-state index in [2.05, 4.69) is 24.1 Å². The van der Waals surface area contributed by atoms with E-state index in [1.807, 2.05) is 22.9 Å². The van der Waals surface area contributed by atoms with Gasteiger partial charge in [-0.2, -0.15) is 12.6 Å². The summed E-state index contributed by atoms with van der Waals surface area (Å²) in [5, 5.41) is 2.05. The quantitative estimate of drug-likeness (QED) is 0.806. The molecule has 1 aromatic heterocycles. The number of amides is 2. The van der Waals surface area contributed by atoms with E-state index in [9.17, 15) is 4.79 Å². The van der Waals surface area contributed by atoms with Crippen LogP contribution >= 0.6 is 24.0 Å². The molecule has 1 saturated heterocycles. The van der Waals surface area contributed by atoms with E-state index >= 15 is 0 Å². The lowest BCUT2D eigenvalue weighted by molar-refractivity contribution is 0.197. The van der Waals surface area contributed by atoms with Gasteiger partial charge >= 0.3 is 6.03 Å². The van der Waals surface area contributed by atoms with Crippen molar-refractivity contribution in [2.75, 3.05) is 25.9 Å². The molecular weight excluding hydrogens is 228 g/mol. The zero-order valence-electron chi connectivity index (χ0n) is 8.59. The van der Waals surface area contributed by atoms with Crippen molar-refractivity contribution in [3.05, 3.63) is 22.4 Å². The van der Waals surface area contributed by atoms with Crippen molar-refractivity contribution >= 4 is 30.0 Å². The smallest absolute Gasteiger partial charge is 0.320 e. The summed E-state index contributed by atoms with van der Waals surface area (Å²) in [5.74, 6) is 0.719. The summed E-state index contributed by atoms with van der Waals surface area (Å²) in [4.78, 5) is 16.8. The van der Waals surface area contributed by atoms with Gasteiger partial charge in [0.15, 0.2) is 0 Å². The second-order valence-corrected chi connectivity index (χ2v) is 5.02. The molecule has 1 aromatic rings. The normalized spacial score (nSPS) is 21.5. The molecule has 1 unspecified atom stereocenters. The maximum Gasteiger partial charge on any atom is 0.320 e. The Balaban J connectivity index is 2.13. The van der Waals surface area contributed by atoms with Crippen LogP contribution in [-0.2, 0) is 0 Å². The molecule has 0 N–H and O–H groups in total. The highest BCUT2D eigenvalue weighted by atomic mass is 32.1. The Morgan fingerprint density at radius 3 is 3.07 bits per heavy atom. The molecule has 2 rings (SSSR count). The van der Waals surface area contributed by atoms with Crippen LogP contribution in [0.25, 0.3) is 0 Å². The van der Waals surface area contributed by atoms with Crippen LogP contribution in [-0.4, -0.2) is 41.7 Å². The number of nitrogens with zero attached hydrogens (tertiary/aromatic N) is 2. The molecular formula is C10H14N2OS2. The standard InChI is InChI=1S/C10H14N2OS2/c1-11-8(9-3-2-6-15-9)7-12(4-5-14)10(11)13/h2-3,6,8,14H,4-5,7H2,1H3. The molecule has 1 aliphatic heterocycles. The molecule has 0 radical (unpaired) electrons. The van der Waals surface area contributed by atoms with Crippen molar-refractivity contribution < 1.29 is 4.79 Å². The lowest BCUT2D eigenvalue weighted by atomic mass is 10.2. The van der Waals surface area contributed by atoms with Gasteiger partial charge in [0.1, 0.15) is 0 Å². The molecule has 0 spiro atoms. The highest BCUT2D eigenvalue weighted by Crippen LogP contribution is 2.30. The lowest BCUT2D eigenvalue weighted by Gasteiger charge is -2.15. The van der Waals surface area contributed by atoms with Gasteiger partial charge in [-0.25, -0.2) is 4.79 Å². The highest BCUT2D eigenvalue weighted by Gasteiger charge is 2.35. The average molecular weight is 242 g/mol. The Morgan fingerprint density at radius 2 is 2.47 bits per heavy atom. The molecule has 82 valence electrons. The topological polar surface area (TPSA) is 23.6 Å². The molecule has 2 amide bonds. The first-order valence-corrected chi connectivity index (χ1v) is 6.41. The van der Waals surface area contributed by atoms with Gasteiger partial charge in [-0.1, -0.05) is 6.07 Å². The Kier molecular flexibility index (Phi) is 3.21. The number of thiophene rings is 1. The van der Waals surface area contributed by atoms with E-state index in [0.29, 0.717) is 0 Å². The summed E-state index contributed by atoms with van der Waals surface area (Å²) in [6.07, 6.45) is 0. The molecule has 0 bridgehead atoms. The van der Waals surface area contributed by atoms with Crippen LogP contribution in [0.2, 0.25) is 0 Å². The number of urea groups is 1. The van der Waals surface area contributed by atoms with E-state index in [1.165, 1.54) is 4.88 Å². The van der Waals surface area contributed by atoms with Crippen molar-refractivity contribution in [1.29, 1.82) is 0 Å². The summed E-state index contributed by atoms with van der Waals surface area (Å²) in [6, 6.07) is 4.45. The molecule has 1 aliphatic rings. The summed E-state index contributed by atoms with van der Waals surface area (Å²) in [5.41, 5.74) is 0. The summed E-state index contributed by atoms with van der Waals surface area (Å²) < 4.78 is 0. The lowest BCUT2D eigenvalue weighted by Crippen LogP contribution is -2.30. The second kappa shape index (κ2) is 4.45. The van der Waals surface area contributed by atoms with Gasteiger partial charge in [0.05, 0.1) is 6.04 Å². The summed E-state index contributed by atoms with van der Waals surface area (Å²) in [7, 11) is 1.87. The number of hydrogen-bond acceptors (Lipinski definition) is 3. The third-order valence-corrected chi connectivity index (χ3v) is 3.85. The van der Waals surface area contributed by atoms with Gasteiger partial charge in [-0.3, -0.25) is 0 Å². The van der Waals surface area contributed by atoms with Crippen LogP contribution in [0.15, 0.2) is 17.5 Å². The zero-order valence-corrected chi connectivity index (χ0v) is 10.3. The summed E-state index contributed by atoms with van der Waals surface area (Å²) in [6.45, 7) is 1.52. The van der Waals surface area contributed by atoms with Crippen molar-refractivity contribution in [3.63, 3.8) is 0 Å². The fourth-order valence-corrected chi connectivity index (χ4v) is 2.94. The van der Waals surface area contributed by atoms with Crippen molar-refractivity contribution in [3.8, 4) is 0 Å². The monoisotopic (exact) mass is 242 g/mol. The zero-order chi connectivity index (χ0) is 10.8. The molecule has 0 aromatic carbocycles. The molecule has 2 heterocycles. The van der Waals surface area contributed by atoms with Gasteiger partial charge in [-0.15, -0.1) is 11.3 Å². The Labute approximate surface area is 99.1 Å². The van der Waals surface area contributed by atoms with E-state index in [1.54, 1.807) is 11.3 Å². The number of carbonyl (C=O) groups is 1. The Morgan fingerprint density at radius 1 is 1.67 bits per heavy atom. The molecule has 5 heteroatoms. The van der Waals surface area contributed by atoms with Crippen LogP contribution in [0.1, 0.15) is 10.9 Å². The number of thiol groups is 1. The van der Waals surface area contributed by atoms with Gasteiger partial charge in [0, 0.05) is 30.8 Å². The van der Waals surface area contributed by atoms with Gasteiger partial charge in [0.25, 0.3) is 0 Å². The highest BCUT2D eigenvalue weighted by molar-refractivity contribution is 7.80. The predicted octanol–water partition coefficient (Wildman–Crippen LogP) is 2.09. The average Bonchev–Trinajstić information content (AvgIpc) is 2.82. The van der Waals surface area contributed by atoms with E-state index in [-0.39, 0.29) is 12.1 Å². The molecule has 15 heavy (non-hydrogen) atoms. The van der Waals surface area contributed by atoms with Crippen LogP contribution in [0, 0.1) is 0 Å². The SMILES string of the molecule is CN1C(=O)N(CCS)CC1c1cccs1. The maximum atomic E-state index is 11.8. The van der Waals surface area contributed by atoms with Gasteiger partial charge in [0.2, 0.25) is 0 Å². The minimum atomic E-state index is 0.113. The van der Waals surface area contributed by atoms with Crippen LogP contribution in [0.3, 0.4) is 0 Å². The van der Waals surface area contributed by atoms with Crippen LogP contribution < -0.4 is 0 Å². The first-order valence-electron chi connectivity index (χ1n) is 4.90. The van der Waals surface area contributed by atoms with E-state index < -0.39 is 0 Å². The van der Waals surface area contributed by atoms with Gasteiger partial charge in [-0.05, 0) is 11.4 Å². The van der Waals surface area contributed by atoms with Gasteiger partial charge < -0.3 is 9.80 Å². The number of hydrogen-bond donors (Lipinski definition) is 1. The van der Waals surface area contributed by atoms with Crippen molar-refractivity contribution in [2.24, 2.45) is 0 Å². The van der Waals surface area contributed by atoms with Crippen LogP contribution in [0.5, 0.6) is 0 Å². The first-order chi connectivity index (χ1) is 7.24. The fraction of sp³-hybridized carbons (Fsp3) is 0.500. The molecule has 1 atom stereocenters. The predicted molar refractivity (Wildman–Crippen MR) is 65.6 cm³/mol. The van der Waals surface area contributed by atoms with Crippen LogP contribution in [0.4, 0.5) is 4.79 Å². The van der Waals surface area contributed by atoms with E-state index in [0.717, 1.165) is 18.8 Å². The van der Waals surface area contributed by atoms with Crippen molar-refractivity contribution in [2.45, 2.75) is 6.04 Å². The Hall–Kier alpha value is -0.680. The Bertz CT molecular complexity index is 339. The molecule has 0 saturated carbocycles. The van der Waals surface area contributed by atoms with E-state index in [4.69, 9.17) is 0 Å². The summed E-state index contributed by atoms with van der Waals surface area (Å²) >= 11 is 5.87. The minimum Gasteiger partial charge on any atom is -0.321 e. The maximum absolute atomic E-state index is 11.8. The third kappa shape index (κ3) is 1.99. The first kappa shape index (κ1) is 10.8. The molecule has 1 fully saturated rings. The molecule has 0 aliphatic carbocycles. The minimum absolute atomic E-state index is 0.113. The largest absolute Gasteiger partial charge is 0.321 e. The number of carbonyl (C=O) groups excluding carboxylic acids is 1. The second-order valence-electron chi connectivity index (χ2n) is 3.59. The number of likely N-dealkylation sites (N-methyl/N-ethyl adjacent to an activating group) is 1. The number of rotatable bonds is 3. The molecule has 3 nitrogen and oxygen atoms in total. The third-order valence-electron chi connectivity index (χ3n) is 2.67. The fourth-order valence-electron chi connectivity index (χ4n) is 1.84. The van der Waals surface area contributed by atoms with Crippen molar-refractivity contribution in [1.82, 2.24) is 9.80 Å².